The minimum absolute atomic E-state index is 0.288. The lowest BCUT2D eigenvalue weighted by Crippen LogP contribution is -2.15. The molecule has 7 heteroatoms. The van der Waals surface area contributed by atoms with E-state index in [0.717, 1.165) is 8.95 Å². The van der Waals surface area contributed by atoms with Crippen molar-refractivity contribution < 1.29 is 13.6 Å². The number of hydrogen-bond donors (Lipinski definition) is 1. The second kappa shape index (κ2) is 7.17. The van der Waals surface area contributed by atoms with Crippen molar-refractivity contribution in [2.24, 2.45) is 5.73 Å². The molecule has 2 N–H and O–H groups in total. The molecule has 0 bridgehead atoms. The van der Waals surface area contributed by atoms with Crippen LogP contribution in [-0.2, 0) is 13.6 Å². The predicted octanol–water partition coefficient (Wildman–Crippen LogP) is 4.44. The zero-order valence-corrected chi connectivity index (χ0v) is 14.3. The van der Waals surface area contributed by atoms with E-state index in [-0.39, 0.29) is 13.2 Å². The maximum atomic E-state index is 12.6. The molecule has 0 aliphatic heterocycles. The maximum Gasteiger partial charge on any atom is 0.351 e. The van der Waals surface area contributed by atoms with E-state index in [1.807, 2.05) is 12.1 Å². The first-order chi connectivity index (χ1) is 8.44. The van der Waals surface area contributed by atoms with E-state index in [4.69, 9.17) is 14.8 Å². The SMILES string of the molecule is CCOP(=O)(OCC)[C@H](N)c1cc(Br)ccc1Br. The molecule has 1 rings (SSSR count). The Morgan fingerprint density at radius 1 is 1.28 bits per heavy atom. The summed E-state index contributed by atoms with van der Waals surface area (Å²) < 4.78 is 24.7. The van der Waals surface area contributed by atoms with Crippen LogP contribution in [0.1, 0.15) is 25.2 Å². The van der Waals surface area contributed by atoms with Crippen LogP contribution >= 0.6 is 39.5 Å². The molecule has 0 aliphatic carbocycles. The lowest BCUT2D eigenvalue weighted by atomic mass is 10.2. The molecule has 1 atom stereocenters. The van der Waals surface area contributed by atoms with E-state index < -0.39 is 13.4 Å². The van der Waals surface area contributed by atoms with Crippen molar-refractivity contribution in [1.82, 2.24) is 0 Å². The van der Waals surface area contributed by atoms with Gasteiger partial charge in [-0.25, -0.2) is 0 Å². The predicted molar refractivity (Wildman–Crippen MR) is 79.6 cm³/mol. The molecule has 1 aromatic rings. The third-order valence-electron chi connectivity index (χ3n) is 2.24. The summed E-state index contributed by atoms with van der Waals surface area (Å²) in [6.07, 6.45) is 0. The van der Waals surface area contributed by atoms with E-state index in [0.29, 0.717) is 5.56 Å². The van der Waals surface area contributed by atoms with Crippen LogP contribution in [0.15, 0.2) is 27.1 Å². The Bertz CT molecular complexity index is 446. The zero-order valence-electron chi connectivity index (χ0n) is 10.2. The number of halogens is 2. The average Bonchev–Trinajstić information content (AvgIpc) is 2.32. The Morgan fingerprint density at radius 2 is 1.83 bits per heavy atom. The first kappa shape index (κ1) is 16.3. The minimum Gasteiger partial charge on any atom is -0.314 e. The van der Waals surface area contributed by atoms with Crippen molar-refractivity contribution in [3.63, 3.8) is 0 Å². The molecule has 0 aromatic heterocycles. The van der Waals surface area contributed by atoms with Gasteiger partial charge in [-0.1, -0.05) is 31.9 Å². The molecule has 0 heterocycles. The number of rotatable bonds is 6. The molecular weight excluding hydrogens is 385 g/mol. The monoisotopic (exact) mass is 399 g/mol. The van der Waals surface area contributed by atoms with Crippen LogP contribution in [0, 0.1) is 0 Å². The summed E-state index contributed by atoms with van der Waals surface area (Å²) in [6, 6.07) is 5.51. The normalized spacial score (nSPS) is 13.6. The van der Waals surface area contributed by atoms with Gasteiger partial charge >= 0.3 is 7.60 Å². The Labute approximate surface area is 124 Å². The summed E-state index contributed by atoms with van der Waals surface area (Å²) in [5.41, 5.74) is 6.74. The topological polar surface area (TPSA) is 61.5 Å². The van der Waals surface area contributed by atoms with Gasteiger partial charge in [-0.15, -0.1) is 0 Å². The van der Waals surface area contributed by atoms with E-state index >= 15 is 0 Å². The molecule has 0 amide bonds. The van der Waals surface area contributed by atoms with Crippen molar-refractivity contribution in [3.05, 3.63) is 32.7 Å². The van der Waals surface area contributed by atoms with Gasteiger partial charge in [0.1, 0.15) is 5.78 Å². The van der Waals surface area contributed by atoms with Gasteiger partial charge in [0, 0.05) is 8.95 Å². The third kappa shape index (κ3) is 3.89. The smallest absolute Gasteiger partial charge is 0.314 e. The Balaban J connectivity index is 3.13. The Hall–Kier alpha value is 0.290. The summed E-state index contributed by atoms with van der Waals surface area (Å²) in [6.45, 7) is 4.09. The van der Waals surface area contributed by atoms with Gasteiger partial charge in [-0.2, -0.15) is 0 Å². The van der Waals surface area contributed by atoms with Crippen LogP contribution in [0.2, 0.25) is 0 Å². The van der Waals surface area contributed by atoms with Crippen molar-refractivity contribution >= 4 is 39.5 Å². The maximum absolute atomic E-state index is 12.6. The van der Waals surface area contributed by atoms with E-state index in [1.165, 1.54) is 0 Å². The second-order valence-electron chi connectivity index (χ2n) is 3.49. The largest absolute Gasteiger partial charge is 0.351 e. The summed E-state index contributed by atoms with van der Waals surface area (Å²) in [5, 5.41) is 0. The highest BCUT2D eigenvalue weighted by molar-refractivity contribution is 9.11. The highest BCUT2D eigenvalue weighted by Gasteiger charge is 2.35. The summed E-state index contributed by atoms with van der Waals surface area (Å²) in [4.78, 5) is 0. The summed E-state index contributed by atoms with van der Waals surface area (Å²) in [5.74, 6) is -0.815. The molecule has 4 nitrogen and oxygen atoms in total. The standard InChI is InChI=1S/C11H16Br2NO3P/c1-3-16-18(15,17-4-2)11(14)9-7-8(12)5-6-10(9)13/h5-7,11H,3-4,14H2,1-2H3/t11-/m0/s1. The number of nitrogens with two attached hydrogens (primary N) is 1. The first-order valence-corrected chi connectivity index (χ1v) is 8.73. The van der Waals surface area contributed by atoms with Gasteiger partial charge < -0.3 is 14.8 Å². The Kier molecular flexibility index (Phi) is 6.51. The number of hydrogen-bond acceptors (Lipinski definition) is 4. The number of benzene rings is 1. The van der Waals surface area contributed by atoms with Crippen molar-refractivity contribution in [1.29, 1.82) is 0 Å². The molecular formula is C11H16Br2NO3P. The molecule has 0 saturated carbocycles. The van der Waals surface area contributed by atoms with Crippen LogP contribution in [0.4, 0.5) is 0 Å². The van der Waals surface area contributed by atoms with E-state index in [2.05, 4.69) is 31.9 Å². The second-order valence-corrected chi connectivity index (χ2v) is 7.41. The van der Waals surface area contributed by atoms with Crippen molar-refractivity contribution in [2.45, 2.75) is 19.6 Å². The van der Waals surface area contributed by atoms with Gasteiger partial charge in [-0.05, 0) is 37.6 Å². The van der Waals surface area contributed by atoms with Gasteiger partial charge in [0.15, 0.2) is 0 Å². The lowest BCUT2D eigenvalue weighted by molar-refractivity contribution is 0.212. The molecule has 0 unspecified atom stereocenters. The summed E-state index contributed by atoms with van der Waals surface area (Å²) >= 11 is 6.75. The third-order valence-corrected chi connectivity index (χ3v) is 5.65. The molecule has 1 aromatic carbocycles. The Morgan fingerprint density at radius 3 is 2.33 bits per heavy atom. The highest BCUT2D eigenvalue weighted by Crippen LogP contribution is 2.59. The fraction of sp³-hybridized carbons (Fsp3) is 0.455. The minimum atomic E-state index is -3.35. The molecule has 0 radical (unpaired) electrons. The summed E-state index contributed by atoms with van der Waals surface area (Å²) in [7, 11) is -3.35. The molecule has 18 heavy (non-hydrogen) atoms. The van der Waals surface area contributed by atoms with E-state index in [1.54, 1.807) is 19.9 Å². The van der Waals surface area contributed by atoms with Gasteiger partial charge in [0.05, 0.1) is 13.2 Å². The molecule has 0 spiro atoms. The van der Waals surface area contributed by atoms with Gasteiger partial charge in [0.25, 0.3) is 0 Å². The van der Waals surface area contributed by atoms with Crippen LogP contribution in [0.25, 0.3) is 0 Å². The van der Waals surface area contributed by atoms with Crippen LogP contribution < -0.4 is 5.73 Å². The van der Waals surface area contributed by atoms with Crippen molar-refractivity contribution in [2.75, 3.05) is 13.2 Å². The molecule has 102 valence electrons. The fourth-order valence-corrected chi connectivity index (χ4v) is 4.19. The van der Waals surface area contributed by atoms with Gasteiger partial charge in [-0.3, -0.25) is 4.57 Å². The molecule has 0 fully saturated rings. The molecule has 0 saturated heterocycles. The molecule has 0 aliphatic rings. The van der Waals surface area contributed by atoms with E-state index in [9.17, 15) is 4.57 Å². The highest BCUT2D eigenvalue weighted by atomic mass is 79.9. The van der Waals surface area contributed by atoms with Crippen LogP contribution in [0.3, 0.4) is 0 Å². The van der Waals surface area contributed by atoms with Crippen LogP contribution in [-0.4, -0.2) is 13.2 Å². The van der Waals surface area contributed by atoms with Crippen molar-refractivity contribution in [3.8, 4) is 0 Å². The first-order valence-electron chi connectivity index (χ1n) is 5.54. The average molecular weight is 401 g/mol. The fourth-order valence-electron chi connectivity index (χ4n) is 1.47. The quantitative estimate of drug-likeness (QED) is 0.717. The van der Waals surface area contributed by atoms with Gasteiger partial charge in [0.2, 0.25) is 0 Å². The lowest BCUT2D eigenvalue weighted by Gasteiger charge is -2.24. The zero-order chi connectivity index (χ0) is 13.8. The van der Waals surface area contributed by atoms with Crippen LogP contribution in [0.5, 0.6) is 0 Å².